The molecule has 7 heteroatoms. The Bertz CT molecular complexity index is 970. The van der Waals surface area contributed by atoms with Gasteiger partial charge in [-0.25, -0.2) is 0 Å². The molecular formula is C20H15BrClN3OS. The highest BCUT2D eigenvalue weighted by molar-refractivity contribution is 9.10. The van der Waals surface area contributed by atoms with E-state index in [1.807, 2.05) is 48.5 Å². The average molecular weight is 461 g/mol. The van der Waals surface area contributed by atoms with Crippen molar-refractivity contribution in [2.75, 3.05) is 17.4 Å². The first-order valence-electron chi connectivity index (χ1n) is 8.40. The minimum atomic E-state index is -0.194. The van der Waals surface area contributed by atoms with Crippen molar-refractivity contribution in [1.82, 2.24) is 4.90 Å². The van der Waals surface area contributed by atoms with Crippen LogP contribution in [0, 0.1) is 11.3 Å². The van der Waals surface area contributed by atoms with Crippen molar-refractivity contribution in [3.63, 3.8) is 0 Å². The summed E-state index contributed by atoms with van der Waals surface area (Å²) in [5.41, 5.74) is 2.67. The van der Waals surface area contributed by atoms with Gasteiger partial charge in [0.1, 0.15) is 0 Å². The Balaban J connectivity index is 1.66. The van der Waals surface area contributed by atoms with Crippen molar-refractivity contribution < 1.29 is 4.79 Å². The number of fused-ring (bicyclic) bond motifs is 1. The monoisotopic (exact) mass is 459 g/mol. The normalized spacial score (nSPS) is 19.7. The van der Waals surface area contributed by atoms with E-state index in [0.29, 0.717) is 29.6 Å². The number of anilines is 1. The van der Waals surface area contributed by atoms with Crippen LogP contribution in [0.5, 0.6) is 0 Å². The van der Waals surface area contributed by atoms with E-state index in [0.717, 1.165) is 20.8 Å². The highest BCUT2D eigenvalue weighted by Gasteiger charge is 2.38. The molecule has 0 aliphatic carbocycles. The Labute approximate surface area is 175 Å². The van der Waals surface area contributed by atoms with E-state index >= 15 is 0 Å². The van der Waals surface area contributed by atoms with Crippen molar-refractivity contribution in [3.8, 4) is 6.07 Å². The number of benzene rings is 2. The van der Waals surface area contributed by atoms with Gasteiger partial charge < -0.3 is 4.90 Å². The zero-order valence-electron chi connectivity index (χ0n) is 14.2. The molecule has 2 aliphatic rings. The van der Waals surface area contributed by atoms with E-state index in [9.17, 15) is 10.1 Å². The number of carbonyl (C=O) groups excluding carboxylic acids is 1. The standard InChI is InChI=1S/C20H15BrClN3OS/c21-14-3-1-2-13(8-14)17-9-19(26)25-11-24(12-27-20(25)18(17)10-23)16-6-4-15(22)5-7-16/h1-8,17H,9,11-12H2/t17-/m0/s1. The molecule has 0 N–H and O–H groups in total. The first-order valence-corrected chi connectivity index (χ1v) is 10.6. The molecule has 2 aliphatic heterocycles. The predicted molar refractivity (Wildman–Crippen MR) is 112 cm³/mol. The fourth-order valence-corrected chi connectivity index (χ4v) is 5.10. The van der Waals surface area contributed by atoms with E-state index in [-0.39, 0.29) is 11.8 Å². The number of hydrogen-bond donors (Lipinski definition) is 0. The molecule has 2 aromatic carbocycles. The SMILES string of the molecule is N#CC1=C2SCN(c3ccc(Cl)cc3)CN2C(=O)C[C@H]1c1cccc(Br)c1. The summed E-state index contributed by atoms with van der Waals surface area (Å²) in [7, 11) is 0. The second kappa shape index (κ2) is 7.59. The molecule has 1 fully saturated rings. The van der Waals surface area contributed by atoms with E-state index in [1.165, 1.54) is 11.8 Å². The number of carbonyl (C=O) groups is 1. The van der Waals surface area contributed by atoms with Crippen LogP contribution >= 0.6 is 39.3 Å². The van der Waals surface area contributed by atoms with Crippen LogP contribution in [0.2, 0.25) is 5.02 Å². The van der Waals surface area contributed by atoms with E-state index < -0.39 is 0 Å². The number of nitrogens with zero attached hydrogens (tertiary/aromatic N) is 3. The number of amides is 1. The quantitative estimate of drug-likeness (QED) is 0.608. The number of rotatable bonds is 2. The van der Waals surface area contributed by atoms with Gasteiger partial charge in [-0.05, 0) is 42.0 Å². The molecule has 0 unspecified atom stereocenters. The number of halogens is 2. The Morgan fingerprint density at radius 1 is 1.22 bits per heavy atom. The molecule has 0 radical (unpaired) electrons. The topological polar surface area (TPSA) is 47.3 Å². The fraction of sp³-hybridized carbons (Fsp3) is 0.200. The van der Waals surface area contributed by atoms with E-state index in [1.54, 1.807) is 4.90 Å². The third-order valence-electron chi connectivity index (χ3n) is 4.74. The summed E-state index contributed by atoms with van der Waals surface area (Å²) in [6.45, 7) is 0.444. The Morgan fingerprint density at radius 2 is 2.00 bits per heavy atom. The van der Waals surface area contributed by atoms with Crippen LogP contribution < -0.4 is 4.90 Å². The minimum absolute atomic E-state index is 0.0418. The van der Waals surface area contributed by atoms with Crippen LogP contribution in [-0.4, -0.2) is 23.4 Å². The van der Waals surface area contributed by atoms with Crippen LogP contribution in [0.4, 0.5) is 5.69 Å². The summed E-state index contributed by atoms with van der Waals surface area (Å²) >= 11 is 11.0. The lowest BCUT2D eigenvalue weighted by molar-refractivity contribution is -0.129. The first-order chi connectivity index (χ1) is 13.1. The van der Waals surface area contributed by atoms with Gasteiger partial charge in [-0.3, -0.25) is 9.69 Å². The summed E-state index contributed by atoms with van der Waals surface area (Å²) < 4.78 is 0.947. The van der Waals surface area contributed by atoms with Gasteiger partial charge in [0.25, 0.3) is 0 Å². The smallest absolute Gasteiger partial charge is 0.229 e. The zero-order valence-corrected chi connectivity index (χ0v) is 17.4. The largest absolute Gasteiger partial charge is 0.344 e. The molecule has 1 amide bonds. The van der Waals surface area contributed by atoms with Crippen LogP contribution in [0.25, 0.3) is 0 Å². The maximum Gasteiger partial charge on any atom is 0.229 e. The van der Waals surface area contributed by atoms with E-state index in [2.05, 4.69) is 26.9 Å². The molecule has 0 saturated carbocycles. The van der Waals surface area contributed by atoms with Crippen molar-refractivity contribution in [2.24, 2.45) is 0 Å². The molecule has 0 aromatic heterocycles. The van der Waals surface area contributed by atoms with Crippen LogP contribution in [0.3, 0.4) is 0 Å². The third-order valence-corrected chi connectivity index (χ3v) is 6.64. The maximum absolute atomic E-state index is 12.9. The van der Waals surface area contributed by atoms with Gasteiger partial charge in [-0.2, -0.15) is 5.26 Å². The predicted octanol–water partition coefficient (Wildman–Crippen LogP) is 5.32. The Morgan fingerprint density at radius 3 is 2.70 bits per heavy atom. The Hall–Kier alpha value is -1.94. The minimum Gasteiger partial charge on any atom is -0.344 e. The second-order valence-electron chi connectivity index (χ2n) is 6.40. The average Bonchev–Trinajstić information content (AvgIpc) is 2.68. The lowest BCUT2D eigenvalue weighted by Crippen LogP contribution is -2.47. The van der Waals surface area contributed by atoms with Crippen LogP contribution in [0.1, 0.15) is 17.9 Å². The lowest BCUT2D eigenvalue weighted by Gasteiger charge is -2.42. The molecule has 27 heavy (non-hydrogen) atoms. The number of hydrogen-bond acceptors (Lipinski definition) is 4. The molecule has 0 bridgehead atoms. The molecule has 136 valence electrons. The summed E-state index contributed by atoms with van der Waals surface area (Å²) in [5.74, 6) is 0.526. The van der Waals surface area contributed by atoms with Gasteiger partial charge in [0.2, 0.25) is 5.91 Å². The van der Waals surface area contributed by atoms with Gasteiger partial charge in [-0.15, -0.1) is 0 Å². The van der Waals surface area contributed by atoms with Gasteiger partial charge in [0, 0.05) is 27.5 Å². The summed E-state index contributed by atoms with van der Waals surface area (Å²) in [6.07, 6.45) is 0.303. The van der Waals surface area contributed by atoms with Gasteiger partial charge in [-0.1, -0.05) is 51.4 Å². The zero-order chi connectivity index (χ0) is 19.0. The summed E-state index contributed by atoms with van der Waals surface area (Å²) in [6, 6.07) is 17.8. The van der Waals surface area contributed by atoms with Crippen molar-refractivity contribution >= 4 is 50.9 Å². The van der Waals surface area contributed by atoms with Crippen LogP contribution in [-0.2, 0) is 4.79 Å². The fourth-order valence-electron chi connectivity index (χ4n) is 3.39. The van der Waals surface area contributed by atoms with Crippen molar-refractivity contribution in [2.45, 2.75) is 12.3 Å². The Kier molecular flexibility index (Phi) is 5.18. The lowest BCUT2D eigenvalue weighted by atomic mass is 9.86. The van der Waals surface area contributed by atoms with E-state index in [4.69, 9.17) is 11.6 Å². The molecular weight excluding hydrogens is 446 g/mol. The summed E-state index contributed by atoms with van der Waals surface area (Å²) in [4.78, 5) is 16.7. The third kappa shape index (κ3) is 3.60. The molecule has 4 rings (SSSR count). The van der Waals surface area contributed by atoms with Crippen molar-refractivity contribution in [1.29, 1.82) is 5.26 Å². The maximum atomic E-state index is 12.9. The van der Waals surface area contributed by atoms with Crippen molar-refractivity contribution in [3.05, 3.63) is 74.2 Å². The molecule has 0 spiro atoms. The second-order valence-corrected chi connectivity index (χ2v) is 8.68. The van der Waals surface area contributed by atoms with Gasteiger partial charge >= 0.3 is 0 Å². The molecule has 1 saturated heterocycles. The number of nitriles is 1. The number of thioether (sulfide) groups is 1. The molecule has 2 aromatic rings. The van der Waals surface area contributed by atoms with Crippen LogP contribution in [0.15, 0.2) is 63.6 Å². The molecule has 4 nitrogen and oxygen atoms in total. The first kappa shape index (κ1) is 18.4. The summed E-state index contributed by atoms with van der Waals surface area (Å²) in [5, 5.41) is 11.3. The van der Waals surface area contributed by atoms with Gasteiger partial charge in [0.15, 0.2) is 0 Å². The number of allylic oxidation sites excluding steroid dienone is 1. The molecule has 2 heterocycles. The van der Waals surface area contributed by atoms with Gasteiger partial charge in [0.05, 0.1) is 29.2 Å². The highest BCUT2D eigenvalue weighted by atomic mass is 79.9. The molecule has 1 atom stereocenters. The highest BCUT2D eigenvalue weighted by Crippen LogP contribution is 2.43.